The van der Waals surface area contributed by atoms with Crippen molar-refractivity contribution in [2.24, 2.45) is 0 Å². The van der Waals surface area contributed by atoms with E-state index < -0.39 is 0 Å². The molecular weight excluding hydrogens is 286 g/mol. The number of methoxy groups -OCH3 is 1. The van der Waals surface area contributed by atoms with Crippen LogP contribution in [0.2, 0.25) is 5.02 Å². The summed E-state index contributed by atoms with van der Waals surface area (Å²) in [4.78, 5) is 0. The van der Waals surface area contributed by atoms with Crippen molar-refractivity contribution >= 4 is 11.6 Å². The first kappa shape index (κ1) is 15.9. The van der Waals surface area contributed by atoms with Gasteiger partial charge in [-0.3, -0.25) is 0 Å². The normalized spacial score (nSPS) is 12.4. The van der Waals surface area contributed by atoms with E-state index in [-0.39, 0.29) is 6.04 Å². The van der Waals surface area contributed by atoms with Gasteiger partial charge in [-0.1, -0.05) is 25.4 Å². The third-order valence-corrected chi connectivity index (χ3v) is 3.83. The summed E-state index contributed by atoms with van der Waals surface area (Å²) in [6.07, 6.45) is 3.45. The van der Waals surface area contributed by atoms with Crippen molar-refractivity contribution in [3.05, 3.63) is 52.4 Å². The molecule has 1 atom stereocenters. The predicted molar refractivity (Wildman–Crippen MR) is 86.2 cm³/mol. The minimum absolute atomic E-state index is 0.191. The number of halogens is 1. The molecule has 0 radical (unpaired) electrons. The molecule has 1 unspecified atom stereocenters. The zero-order valence-corrected chi connectivity index (χ0v) is 13.5. The van der Waals surface area contributed by atoms with Crippen molar-refractivity contribution in [1.29, 1.82) is 0 Å². The van der Waals surface area contributed by atoms with Gasteiger partial charge in [0, 0.05) is 23.0 Å². The smallest absolute Gasteiger partial charge is 0.122 e. The maximum atomic E-state index is 6.12. The van der Waals surface area contributed by atoms with E-state index in [9.17, 15) is 0 Å². The molecule has 1 N–H and O–H groups in total. The Morgan fingerprint density at radius 1 is 1.29 bits per heavy atom. The molecule has 0 aliphatic heterocycles. The van der Waals surface area contributed by atoms with E-state index in [1.807, 2.05) is 24.3 Å². The van der Waals surface area contributed by atoms with Gasteiger partial charge in [-0.2, -0.15) is 0 Å². The Balaban J connectivity index is 2.30. The van der Waals surface area contributed by atoms with Crippen LogP contribution in [0.4, 0.5) is 0 Å². The molecule has 0 bridgehead atoms. The molecule has 4 heteroatoms. The van der Waals surface area contributed by atoms with Crippen LogP contribution in [0, 0.1) is 0 Å². The summed E-state index contributed by atoms with van der Waals surface area (Å²) in [5.74, 6) is 1.89. The summed E-state index contributed by atoms with van der Waals surface area (Å²) in [6.45, 7) is 5.10. The van der Waals surface area contributed by atoms with Crippen molar-refractivity contribution in [2.45, 2.75) is 32.7 Å². The maximum absolute atomic E-state index is 6.12. The second kappa shape index (κ2) is 7.53. The van der Waals surface area contributed by atoms with E-state index in [4.69, 9.17) is 20.8 Å². The number of hydrogen-bond donors (Lipinski definition) is 1. The fourth-order valence-electron chi connectivity index (χ4n) is 2.61. The highest BCUT2D eigenvalue weighted by atomic mass is 35.5. The van der Waals surface area contributed by atoms with Crippen molar-refractivity contribution in [3.63, 3.8) is 0 Å². The second-order valence-corrected chi connectivity index (χ2v) is 5.36. The molecule has 0 aliphatic carbocycles. The van der Waals surface area contributed by atoms with Crippen LogP contribution in [0.15, 0.2) is 34.9 Å². The summed E-state index contributed by atoms with van der Waals surface area (Å²) >= 11 is 6.12. The fraction of sp³-hybridized carbons (Fsp3) is 0.412. The van der Waals surface area contributed by atoms with Gasteiger partial charge in [-0.25, -0.2) is 0 Å². The Hall–Kier alpha value is -1.45. The summed E-state index contributed by atoms with van der Waals surface area (Å²) in [6, 6.07) is 7.97. The number of nitrogens with one attached hydrogen (secondary N) is 1. The number of furan rings is 1. The SMILES string of the molecule is CCNC(Cc1cc(Cl)ccc1OC)c1ccoc1CC. The predicted octanol–water partition coefficient (Wildman–Crippen LogP) is 4.40. The van der Waals surface area contributed by atoms with Crippen LogP contribution in [0.25, 0.3) is 0 Å². The molecule has 21 heavy (non-hydrogen) atoms. The van der Waals surface area contributed by atoms with E-state index in [2.05, 4.69) is 19.2 Å². The summed E-state index contributed by atoms with van der Waals surface area (Å²) in [7, 11) is 1.68. The number of benzene rings is 1. The fourth-order valence-corrected chi connectivity index (χ4v) is 2.81. The lowest BCUT2D eigenvalue weighted by Crippen LogP contribution is -2.23. The molecule has 114 valence electrons. The zero-order chi connectivity index (χ0) is 15.2. The average Bonchev–Trinajstić information content (AvgIpc) is 2.95. The maximum Gasteiger partial charge on any atom is 0.122 e. The van der Waals surface area contributed by atoms with Gasteiger partial charge in [0.05, 0.1) is 13.4 Å². The topological polar surface area (TPSA) is 34.4 Å². The van der Waals surface area contributed by atoms with Gasteiger partial charge in [0.25, 0.3) is 0 Å². The summed E-state index contributed by atoms with van der Waals surface area (Å²) in [5, 5.41) is 4.25. The van der Waals surface area contributed by atoms with Gasteiger partial charge >= 0.3 is 0 Å². The van der Waals surface area contributed by atoms with E-state index in [0.29, 0.717) is 0 Å². The highest BCUT2D eigenvalue weighted by Crippen LogP contribution is 2.29. The van der Waals surface area contributed by atoms with Crippen LogP contribution in [-0.4, -0.2) is 13.7 Å². The summed E-state index contributed by atoms with van der Waals surface area (Å²) < 4.78 is 11.0. The van der Waals surface area contributed by atoms with Crippen LogP contribution in [0.5, 0.6) is 5.75 Å². The highest BCUT2D eigenvalue weighted by Gasteiger charge is 2.18. The van der Waals surface area contributed by atoms with E-state index in [1.54, 1.807) is 13.4 Å². The molecular formula is C17H22ClNO2. The molecule has 3 nitrogen and oxygen atoms in total. The van der Waals surface area contributed by atoms with Crippen molar-refractivity contribution in [2.75, 3.05) is 13.7 Å². The Labute approximate surface area is 131 Å². The molecule has 0 saturated carbocycles. The number of rotatable bonds is 7. The van der Waals surface area contributed by atoms with Crippen LogP contribution >= 0.6 is 11.6 Å². The van der Waals surface area contributed by atoms with E-state index in [1.165, 1.54) is 5.56 Å². The van der Waals surface area contributed by atoms with Crippen molar-refractivity contribution in [1.82, 2.24) is 5.32 Å². The first-order valence-electron chi connectivity index (χ1n) is 7.31. The average molecular weight is 308 g/mol. The molecule has 0 amide bonds. The number of likely N-dealkylation sites (N-methyl/N-ethyl adjacent to an activating group) is 1. The van der Waals surface area contributed by atoms with Gasteiger partial charge in [0.15, 0.2) is 0 Å². The first-order valence-corrected chi connectivity index (χ1v) is 7.69. The molecule has 1 aromatic carbocycles. The number of hydrogen-bond acceptors (Lipinski definition) is 3. The van der Waals surface area contributed by atoms with Crippen LogP contribution in [0.1, 0.15) is 36.8 Å². The third-order valence-electron chi connectivity index (χ3n) is 3.59. The second-order valence-electron chi connectivity index (χ2n) is 4.92. The zero-order valence-electron chi connectivity index (χ0n) is 12.8. The third kappa shape index (κ3) is 3.80. The number of ether oxygens (including phenoxy) is 1. The van der Waals surface area contributed by atoms with Gasteiger partial charge in [-0.05, 0) is 42.8 Å². The standard InChI is InChI=1S/C17H22ClNO2/c1-4-16-14(8-9-21-16)15(19-5-2)11-12-10-13(18)6-7-17(12)20-3/h6-10,15,19H,4-5,11H2,1-3H3. The van der Waals surface area contributed by atoms with E-state index >= 15 is 0 Å². The monoisotopic (exact) mass is 307 g/mol. The number of aryl methyl sites for hydroxylation is 1. The lowest BCUT2D eigenvalue weighted by atomic mass is 9.97. The first-order chi connectivity index (χ1) is 10.2. The molecule has 0 spiro atoms. The minimum Gasteiger partial charge on any atom is -0.496 e. The molecule has 1 aromatic heterocycles. The lowest BCUT2D eigenvalue weighted by molar-refractivity contribution is 0.405. The molecule has 2 aromatic rings. The quantitative estimate of drug-likeness (QED) is 0.823. The minimum atomic E-state index is 0.191. The van der Waals surface area contributed by atoms with Crippen LogP contribution < -0.4 is 10.1 Å². The molecule has 2 rings (SSSR count). The Bertz CT molecular complexity index is 580. The van der Waals surface area contributed by atoms with Gasteiger partial charge in [0.2, 0.25) is 0 Å². The summed E-state index contributed by atoms with van der Waals surface area (Å²) in [5.41, 5.74) is 2.31. The largest absolute Gasteiger partial charge is 0.496 e. The van der Waals surface area contributed by atoms with E-state index in [0.717, 1.165) is 41.5 Å². The molecule has 1 heterocycles. The van der Waals surface area contributed by atoms with Crippen LogP contribution in [-0.2, 0) is 12.8 Å². The Morgan fingerprint density at radius 3 is 2.76 bits per heavy atom. The van der Waals surface area contributed by atoms with Gasteiger partial charge < -0.3 is 14.5 Å². The highest BCUT2D eigenvalue weighted by molar-refractivity contribution is 6.30. The van der Waals surface area contributed by atoms with Crippen molar-refractivity contribution in [3.8, 4) is 5.75 Å². The lowest BCUT2D eigenvalue weighted by Gasteiger charge is -2.19. The van der Waals surface area contributed by atoms with Gasteiger partial charge in [0.1, 0.15) is 11.5 Å². The Morgan fingerprint density at radius 2 is 2.10 bits per heavy atom. The molecule has 0 saturated heterocycles. The molecule has 0 fully saturated rings. The van der Waals surface area contributed by atoms with Crippen molar-refractivity contribution < 1.29 is 9.15 Å². The molecule has 0 aliphatic rings. The van der Waals surface area contributed by atoms with Crippen LogP contribution in [0.3, 0.4) is 0 Å². The van der Waals surface area contributed by atoms with Gasteiger partial charge in [-0.15, -0.1) is 0 Å². The Kier molecular flexibility index (Phi) is 5.71.